The van der Waals surface area contributed by atoms with Crippen LogP contribution in [0, 0.1) is 5.41 Å². The minimum absolute atomic E-state index is 0.0319. The lowest BCUT2D eigenvalue weighted by molar-refractivity contribution is -0.133. The van der Waals surface area contributed by atoms with Crippen LogP contribution in [-0.2, 0) is 9.59 Å². The van der Waals surface area contributed by atoms with E-state index in [-0.39, 0.29) is 24.5 Å². The predicted molar refractivity (Wildman–Crippen MR) is 66.4 cm³/mol. The molecular weight excluding hydrogens is 220 g/mol. The summed E-state index contributed by atoms with van der Waals surface area (Å²) in [5, 5.41) is 14.1. The van der Waals surface area contributed by atoms with Crippen molar-refractivity contribution in [1.29, 1.82) is 0 Å². The fraction of sp³-hybridized carbons (Fsp3) is 0.833. The zero-order chi connectivity index (χ0) is 13.6. The van der Waals surface area contributed by atoms with Gasteiger partial charge in [-0.25, -0.2) is 0 Å². The van der Waals surface area contributed by atoms with Crippen LogP contribution in [0.2, 0.25) is 0 Å². The van der Waals surface area contributed by atoms with Gasteiger partial charge < -0.3 is 15.7 Å². The van der Waals surface area contributed by atoms with Crippen LogP contribution in [0.1, 0.15) is 41.0 Å². The van der Waals surface area contributed by atoms with E-state index in [0.717, 1.165) is 0 Å². The van der Waals surface area contributed by atoms with Gasteiger partial charge >= 0.3 is 0 Å². The van der Waals surface area contributed by atoms with Crippen molar-refractivity contribution >= 4 is 11.8 Å². The van der Waals surface area contributed by atoms with Crippen molar-refractivity contribution in [3.05, 3.63) is 0 Å². The third kappa shape index (κ3) is 6.26. The smallest absolute Gasteiger partial charge is 0.242 e. The predicted octanol–water partition coefficient (Wildman–Crippen LogP) is 0.424. The Bertz CT molecular complexity index is 271. The molecule has 2 atom stereocenters. The Morgan fingerprint density at radius 2 is 1.71 bits per heavy atom. The van der Waals surface area contributed by atoms with E-state index in [1.807, 2.05) is 6.92 Å². The van der Waals surface area contributed by atoms with Gasteiger partial charge in [-0.15, -0.1) is 0 Å². The van der Waals surface area contributed by atoms with Crippen LogP contribution in [0.5, 0.6) is 0 Å². The number of aliphatic hydroxyl groups excluding tert-OH is 1. The number of hydrogen-bond acceptors (Lipinski definition) is 3. The van der Waals surface area contributed by atoms with Crippen LogP contribution < -0.4 is 10.6 Å². The van der Waals surface area contributed by atoms with Crippen molar-refractivity contribution in [2.75, 3.05) is 6.61 Å². The van der Waals surface area contributed by atoms with Crippen molar-refractivity contribution in [2.24, 2.45) is 5.41 Å². The first kappa shape index (κ1) is 15.9. The van der Waals surface area contributed by atoms with E-state index in [1.54, 1.807) is 27.7 Å². The molecule has 0 aliphatic heterocycles. The Morgan fingerprint density at radius 1 is 1.18 bits per heavy atom. The monoisotopic (exact) mass is 244 g/mol. The van der Waals surface area contributed by atoms with Gasteiger partial charge in [0.05, 0.1) is 0 Å². The highest BCUT2D eigenvalue weighted by atomic mass is 16.3. The van der Waals surface area contributed by atoms with Gasteiger partial charge in [-0.2, -0.15) is 0 Å². The average molecular weight is 244 g/mol. The largest absolute Gasteiger partial charge is 0.396 e. The van der Waals surface area contributed by atoms with Gasteiger partial charge in [0.15, 0.2) is 0 Å². The highest BCUT2D eigenvalue weighted by Crippen LogP contribution is 2.12. The molecule has 0 saturated heterocycles. The zero-order valence-electron chi connectivity index (χ0n) is 11.3. The Labute approximate surface area is 103 Å². The average Bonchev–Trinajstić information content (AvgIpc) is 2.16. The van der Waals surface area contributed by atoms with Crippen molar-refractivity contribution in [3.8, 4) is 0 Å². The summed E-state index contributed by atoms with van der Waals surface area (Å²) < 4.78 is 0. The van der Waals surface area contributed by atoms with Crippen molar-refractivity contribution < 1.29 is 14.7 Å². The third-order valence-electron chi connectivity index (χ3n) is 2.37. The molecule has 0 aliphatic rings. The molecule has 0 spiro atoms. The summed E-state index contributed by atoms with van der Waals surface area (Å²) in [6.45, 7) is 8.87. The van der Waals surface area contributed by atoms with E-state index in [2.05, 4.69) is 10.6 Å². The van der Waals surface area contributed by atoms with Crippen LogP contribution in [-0.4, -0.2) is 35.6 Å². The molecule has 0 aromatic heterocycles. The molecule has 2 amide bonds. The second kappa shape index (κ2) is 6.59. The highest BCUT2D eigenvalue weighted by molar-refractivity contribution is 5.89. The fourth-order valence-electron chi connectivity index (χ4n) is 1.11. The maximum atomic E-state index is 11.7. The number of hydrogen-bond donors (Lipinski definition) is 3. The Morgan fingerprint density at radius 3 is 2.12 bits per heavy atom. The SMILES string of the molecule is CC(CCO)NC(=O)C(C)NC(=O)C(C)(C)C. The van der Waals surface area contributed by atoms with E-state index in [4.69, 9.17) is 5.11 Å². The first-order chi connectivity index (χ1) is 7.68. The lowest BCUT2D eigenvalue weighted by Gasteiger charge is -2.22. The summed E-state index contributed by atoms with van der Waals surface area (Å²) in [6, 6.07) is -0.663. The van der Waals surface area contributed by atoms with Crippen molar-refractivity contribution in [3.63, 3.8) is 0 Å². The number of rotatable bonds is 5. The second-order valence-corrected chi connectivity index (χ2v) is 5.37. The number of aliphatic hydroxyl groups is 1. The minimum Gasteiger partial charge on any atom is -0.396 e. The summed E-state index contributed by atoms with van der Waals surface area (Å²) in [4.78, 5) is 23.3. The normalized spacial score (nSPS) is 14.9. The Hall–Kier alpha value is -1.10. The fourth-order valence-corrected chi connectivity index (χ4v) is 1.11. The van der Waals surface area contributed by atoms with Gasteiger partial charge in [-0.3, -0.25) is 9.59 Å². The van der Waals surface area contributed by atoms with Gasteiger partial charge in [0.2, 0.25) is 11.8 Å². The van der Waals surface area contributed by atoms with Crippen LogP contribution in [0.15, 0.2) is 0 Å². The van der Waals surface area contributed by atoms with E-state index >= 15 is 0 Å². The molecule has 5 nitrogen and oxygen atoms in total. The maximum absolute atomic E-state index is 11.7. The number of nitrogens with one attached hydrogen (secondary N) is 2. The summed E-state index contributed by atoms with van der Waals surface area (Å²) in [5.74, 6) is -0.390. The van der Waals surface area contributed by atoms with Crippen LogP contribution in [0.4, 0.5) is 0 Å². The van der Waals surface area contributed by atoms with Crippen LogP contribution in [0.3, 0.4) is 0 Å². The zero-order valence-corrected chi connectivity index (χ0v) is 11.3. The molecule has 17 heavy (non-hydrogen) atoms. The van der Waals surface area contributed by atoms with Crippen molar-refractivity contribution in [2.45, 2.75) is 53.1 Å². The second-order valence-electron chi connectivity index (χ2n) is 5.37. The molecule has 0 rings (SSSR count). The van der Waals surface area contributed by atoms with E-state index in [0.29, 0.717) is 6.42 Å². The molecule has 3 N–H and O–H groups in total. The Balaban J connectivity index is 4.19. The molecule has 0 radical (unpaired) electrons. The summed E-state index contributed by atoms with van der Waals surface area (Å²) in [6.07, 6.45) is 0.506. The number of carbonyl (C=O) groups is 2. The lowest BCUT2D eigenvalue weighted by Crippen LogP contribution is -2.50. The van der Waals surface area contributed by atoms with Gasteiger partial charge in [0.25, 0.3) is 0 Å². The highest BCUT2D eigenvalue weighted by Gasteiger charge is 2.25. The lowest BCUT2D eigenvalue weighted by atomic mass is 9.95. The molecule has 0 bridgehead atoms. The van der Waals surface area contributed by atoms with Gasteiger partial charge in [-0.1, -0.05) is 20.8 Å². The van der Waals surface area contributed by atoms with Crippen molar-refractivity contribution in [1.82, 2.24) is 10.6 Å². The topological polar surface area (TPSA) is 78.4 Å². The van der Waals surface area contributed by atoms with Crippen LogP contribution >= 0.6 is 0 Å². The standard InChI is InChI=1S/C12H24N2O3/c1-8(6-7-15)13-10(16)9(2)14-11(17)12(3,4)5/h8-9,15H,6-7H2,1-5H3,(H,13,16)(H,14,17). The first-order valence-corrected chi connectivity index (χ1v) is 5.90. The molecule has 0 fully saturated rings. The number of amides is 2. The molecule has 0 aromatic carbocycles. The molecular formula is C12H24N2O3. The summed E-state index contributed by atoms with van der Waals surface area (Å²) in [7, 11) is 0. The quantitative estimate of drug-likeness (QED) is 0.656. The van der Waals surface area contributed by atoms with Gasteiger partial charge in [0, 0.05) is 18.1 Å². The van der Waals surface area contributed by atoms with E-state index < -0.39 is 11.5 Å². The van der Waals surface area contributed by atoms with Crippen LogP contribution in [0.25, 0.3) is 0 Å². The maximum Gasteiger partial charge on any atom is 0.242 e. The molecule has 100 valence electrons. The molecule has 0 aromatic rings. The van der Waals surface area contributed by atoms with Gasteiger partial charge in [-0.05, 0) is 20.3 Å². The first-order valence-electron chi connectivity index (χ1n) is 5.90. The molecule has 0 aliphatic carbocycles. The third-order valence-corrected chi connectivity index (χ3v) is 2.37. The Kier molecular flexibility index (Phi) is 6.16. The molecule has 2 unspecified atom stereocenters. The summed E-state index contributed by atoms with van der Waals surface area (Å²) >= 11 is 0. The molecule has 0 saturated carbocycles. The molecule has 5 heteroatoms. The minimum atomic E-state index is -0.567. The summed E-state index contributed by atoms with van der Waals surface area (Å²) in [5.41, 5.74) is -0.509. The number of carbonyl (C=O) groups excluding carboxylic acids is 2. The molecule has 0 heterocycles. The van der Waals surface area contributed by atoms with E-state index in [9.17, 15) is 9.59 Å². The van der Waals surface area contributed by atoms with Gasteiger partial charge in [0.1, 0.15) is 6.04 Å². The van der Waals surface area contributed by atoms with E-state index in [1.165, 1.54) is 0 Å².